The first-order chi connectivity index (χ1) is 8.52. The van der Waals surface area contributed by atoms with E-state index >= 15 is 0 Å². The van der Waals surface area contributed by atoms with Crippen LogP contribution in [0, 0.1) is 5.92 Å². The summed E-state index contributed by atoms with van der Waals surface area (Å²) >= 11 is 0. The average Bonchev–Trinajstić information content (AvgIpc) is 2.27. The van der Waals surface area contributed by atoms with Crippen LogP contribution in [-0.2, 0) is 9.59 Å². The van der Waals surface area contributed by atoms with Crippen molar-refractivity contribution in [1.29, 1.82) is 0 Å². The van der Waals surface area contributed by atoms with Crippen molar-refractivity contribution in [3.8, 4) is 0 Å². The van der Waals surface area contributed by atoms with Crippen LogP contribution in [0.5, 0.6) is 0 Å². The highest BCUT2D eigenvalue weighted by atomic mass is 16.1. The molecule has 0 aromatic carbocycles. The van der Waals surface area contributed by atoms with Crippen LogP contribution in [0.25, 0.3) is 0 Å². The summed E-state index contributed by atoms with van der Waals surface area (Å²) < 4.78 is 0. The Bertz CT molecular complexity index is 231. The molecule has 0 fully saturated rings. The number of rotatable bonds is 12. The summed E-state index contributed by atoms with van der Waals surface area (Å²) in [5.74, 6) is 1.44. The van der Waals surface area contributed by atoms with Gasteiger partial charge in [0.15, 0.2) is 0 Å². The zero-order valence-corrected chi connectivity index (χ0v) is 12.5. The van der Waals surface area contributed by atoms with Gasteiger partial charge in [-0.15, -0.1) is 0 Å². The van der Waals surface area contributed by atoms with E-state index in [1.165, 1.54) is 19.3 Å². The van der Waals surface area contributed by atoms with Crippen molar-refractivity contribution in [2.24, 2.45) is 5.92 Å². The van der Waals surface area contributed by atoms with Gasteiger partial charge in [0.05, 0.1) is 0 Å². The summed E-state index contributed by atoms with van der Waals surface area (Å²) in [6.45, 7) is 6.11. The Morgan fingerprint density at radius 1 is 0.778 bits per heavy atom. The molecule has 0 bridgehead atoms. The Morgan fingerprint density at radius 3 is 1.78 bits per heavy atom. The van der Waals surface area contributed by atoms with Crippen molar-refractivity contribution >= 4 is 11.6 Å². The van der Waals surface area contributed by atoms with E-state index in [4.69, 9.17) is 0 Å². The van der Waals surface area contributed by atoms with Crippen LogP contribution in [0.1, 0.15) is 85.0 Å². The second kappa shape index (κ2) is 11.4. The van der Waals surface area contributed by atoms with E-state index < -0.39 is 0 Å². The van der Waals surface area contributed by atoms with Crippen LogP contribution < -0.4 is 0 Å². The second-order valence-electron chi connectivity index (χ2n) is 5.79. The Kier molecular flexibility index (Phi) is 11.0. The lowest BCUT2D eigenvalue weighted by atomic mass is 10.0. The molecular formula is C16H30O2. The maximum Gasteiger partial charge on any atom is 0.132 e. The molecule has 0 radical (unpaired) electrons. The third kappa shape index (κ3) is 13.4. The molecule has 0 unspecified atom stereocenters. The van der Waals surface area contributed by atoms with Crippen LogP contribution in [-0.4, -0.2) is 11.6 Å². The zero-order valence-electron chi connectivity index (χ0n) is 12.5. The monoisotopic (exact) mass is 254 g/mol. The van der Waals surface area contributed by atoms with Gasteiger partial charge in [0.2, 0.25) is 0 Å². The largest absolute Gasteiger partial charge is 0.300 e. The molecule has 106 valence electrons. The van der Waals surface area contributed by atoms with Crippen LogP contribution in [0.3, 0.4) is 0 Å². The molecule has 18 heavy (non-hydrogen) atoms. The molecule has 0 atom stereocenters. The Balaban J connectivity index is 3.25. The van der Waals surface area contributed by atoms with Crippen molar-refractivity contribution in [1.82, 2.24) is 0 Å². The number of carbonyl (C=O) groups is 2. The predicted molar refractivity (Wildman–Crippen MR) is 76.7 cm³/mol. The van der Waals surface area contributed by atoms with E-state index in [1.54, 1.807) is 6.92 Å². The third-order valence-electron chi connectivity index (χ3n) is 3.22. The molecule has 0 aromatic heterocycles. The first-order valence-electron chi connectivity index (χ1n) is 7.53. The number of ketones is 2. The van der Waals surface area contributed by atoms with Gasteiger partial charge in [-0.1, -0.05) is 39.5 Å². The van der Waals surface area contributed by atoms with Crippen molar-refractivity contribution in [3.05, 3.63) is 0 Å². The molecule has 0 rings (SSSR count). The fraction of sp³-hybridized carbons (Fsp3) is 0.875. The summed E-state index contributed by atoms with van der Waals surface area (Å²) in [5.41, 5.74) is 0. The molecule has 0 aromatic rings. The van der Waals surface area contributed by atoms with E-state index in [1.807, 2.05) is 0 Å². The fourth-order valence-electron chi connectivity index (χ4n) is 2.05. The number of Topliss-reactive ketones (excluding diaryl/α,β-unsaturated/α-hetero) is 2. The van der Waals surface area contributed by atoms with Gasteiger partial charge in [0, 0.05) is 19.3 Å². The summed E-state index contributed by atoms with van der Waals surface area (Å²) in [6.07, 6.45) is 9.82. The topological polar surface area (TPSA) is 34.1 Å². The highest BCUT2D eigenvalue weighted by molar-refractivity contribution is 5.78. The van der Waals surface area contributed by atoms with Crippen molar-refractivity contribution < 1.29 is 9.59 Å². The molecule has 0 spiro atoms. The van der Waals surface area contributed by atoms with E-state index in [0.29, 0.717) is 18.6 Å². The van der Waals surface area contributed by atoms with Gasteiger partial charge in [-0.2, -0.15) is 0 Å². The highest BCUT2D eigenvalue weighted by Gasteiger charge is 2.02. The first kappa shape index (κ1) is 17.3. The Labute approximate surface area is 113 Å². The van der Waals surface area contributed by atoms with Crippen molar-refractivity contribution in [2.45, 2.75) is 85.0 Å². The summed E-state index contributed by atoms with van der Waals surface area (Å²) in [4.78, 5) is 22.3. The van der Waals surface area contributed by atoms with Gasteiger partial charge in [0.1, 0.15) is 11.6 Å². The number of hydrogen-bond donors (Lipinski definition) is 0. The molecule has 0 N–H and O–H groups in total. The molecule has 2 heteroatoms. The Hall–Kier alpha value is -0.660. The molecule has 0 aliphatic rings. The van der Waals surface area contributed by atoms with E-state index in [9.17, 15) is 9.59 Å². The van der Waals surface area contributed by atoms with Gasteiger partial charge < -0.3 is 4.79 Å². The normalized spacial score (nSPS) is 10.9. The van der Waals surface area contributed by atoms with Crippen LogP contribution in [0.4, 0.5) is 0 Å². The second-order valence-corrected chi connectivity index (χ2v) is 5.79. The third-order valence-corrected chi connectivity index (χ3v) is 3.22. The van der Waals surface area contributed by atoms with Gasteiger partial charge >= 0.3 is 0 Å². The molecule has 0 aliphatic carbocycles. The van der Waals surface area contributed by atoms with Crippen molar-refractivity contribution in [2.75, 3.05) is 0 Å². The lowest BCUT2D eigenvalue weighted by molar-refractivity contribution is -0.119. The van der Waals surface area contributed by atoms with Gasteiger partial charge in [-0.05, 0) is 32.1 Å². The smallest absolute Gasteiger partial charge is 0.132 e. The quantitative estimate of drug-likeness (QED) is 0.473. The molecule has 2 nitrogen and oxygen atoms in total. The lowest BCUT2D eigenvalue weighted by Gasteiger charge is -2.04. The summed E-state index contributed by atoms with van der Waals surface area (Å²) in [5, 5.41) is 0. The van der Waals surface area contributed by atoms with E-state index in [2.05, 4.69) is 13.8 Å². The maximum absolute atomic E-state index is 11.6. The minimum Gasteiger partial charge on any atom is -0.300 e. The predicted octanol–water partition coefficient (Wildman–Crippen LogP) is 4.70. The number of unbranched alkanes of at least 4 members (excludes halogenated alkanes) is 4. The van der Waals surface area contributed by atoms with Crippen LogP contribution in [0.2, 0.25) is 0 Å². The van der Waals surface area contributed by atoms with Crippen LogP contribution >= 0.6 is 0 Å². The van der Waals surface area contributed by atoms with Gasteiger partial charge in [0.25, 0.3) is 0 Å². The summed E-state index contributed by atoms with van der Waals surface area (Å²) in [6, 6.07) is 0. The zero-order chi connectivity index (χ0) is 13.8. The minimum atomic E-state index is 0.256. The minimum absolute atomic E-state index is 0.256. The maximum atomic E-state index is 11.6. The lowest BCUT2D eigenvalue weighted by Crippen LogP contribution is -1.98. The van der Waals surface area contributed by atoms with Crippen molar-refractivity contribution in [3.63, 3.8) is 0 Å². The standard InChI is InChI=1S/C16H30O2/c1-14(2)10-6-4-8-12-16(18)13-9-5-7-11-15(3)17/h14H,4-13H2,1-3H3. The van der Waals surface area contributed by atoms with E-state index in [0.717, 1.165) is 38.0 Å². The first-order valence-corrected chi connectivity index (χ1v) is 7.53. The van der Waals surface area contributed by atoms with Crippen LogP contribution in [0.15, 0.2) is 0 Å². The van der Waals surface area contributed by atoms with Gasteiger partial charge in [-0.25, -0.2) is 0 Å². The SMILES string of the molecule is CC(=O)CCCCCC(=O)CCCCCC(C)C. The molecular weight excluding hydrogens is 224 g/mol. The number of hydrogen-bond acceptors (Lipinski definition) is 2. The molecule has 0 saturated heterocycles. The highest BCUT2D eigenvalue weighted by Crippen LogP contribution is 2.11. The van der Waals surface area contributed by atoms with Gasteiger partial charge in [-0.3, -0.25) is 4.79 Å². The number of carbonyl (C=O) groups excluding carboxylic acids is 2. The molecule has 0 heterocycles. The summed E-state index contributed by atoms with van der Waals surface area (Å²) in [7, 11) is 0. The fourth-order valence-corrected chi connectivity index (χ4v) is 2.05. The molecule has 0 saturated carbocycles. The Morgan fingerprint density at radius 2 is 1.28 bits per heavy atom. The molecule has 0 amide bonds. The average molecular weight is 254 g/mol. The molecule has 0 aliphatic heterocycles. The van der Waals surface area contributed by atoms with E-state index in [-0.39, 0.29) is 5.78 Å².